The summed E-state index contributed by atoms with van der Waals surface area (Å²) < 4.78 is 18.7. The Morgan fingerprint density at radius 2 is 2.18 bits per heavy atom. The maximum absolute atomic E-state index is 10.5. The Balaban J connectivity index is 3.31. The Bertz CT molecular complexity index is 137. The topological polar surface area (TPSA) is 65.0 Å². The van der Waals surface area contributed by atoms with Crippen molar-refractivity contribution in [1.82, 2.24) is 0 Å². The third-order valence-corrected chi connectivity index (χ3v) is 1.71. The minimum Gasteiger partial charge on any atom is -0.301 e. The minimum atomic E-state index is -3.94. The third-order valence-electron chi connectivity index (χ3n) is 0.959. The van der Waals surface area contributed by atoms with Crippen molar-refractivity contribution in [3.8, 4) is 0 Å². The van der Waals surface area contributed by atoms with Crippen LogP contribution in [0.15, 0.2) is 0 Å². The number of hydrogen-bond acceptors (Lipinski definition) is 4. The van der Waals surface area contributed by atoms with Gasteiger partial charge in [-0.2, -0.15) is 0 Å². The predicted molar refractivity (Wildman–Crippen MR) is 38.8 cm³/mol. The molecule has 0 saturated carbocycles. The van der Waals surface area contributed by atoms with Gasteiger partial charge < -0.3 is 4.89 Å². The summed E-state index contributed by atoms with van der Waals surface area (Å²) in [5.74, 6) is 0. The van der Waals surface area contributed by atoms with Gasteiger partial charge in [-0.15, -0.1) is 4.67 Å². The van der Waals surface area contributed by atoms with Crippen LogP contribution in [0, 0.1) is 0 Å². The third kappa shape index (κ3) is 6.47. The molecule has 0 aliphatic carbocycles. The summed E-state index contributed by atoms with van der Waals surface area (Å²) in [6.07, 6.45) is 1.72. The molecule has 0 aromatic rings. The first kappa shape index (κ1) is 11.1. The van der Waals surface area contributed by atoms with Gasteiger partial charge in [-0.1, -0.05) is 13.3 Å². The fraction of sp³-hybridized carbons (Fsp3) is 1.00. The van der Waals surface area contributed by atoms with Crippen molar-refractivity contribution < 1.29 is 23.5 Å². The van der Waals surface area contributed by atoms with Gasteiger partial charge in [-0.25, -0.2) is 9.45 Å². The summed E-state index contributed by atoms with van der Waals surface area (Å²) in [6.45, 7) is 2.27. The van der Waals surface area contributed by atoms with Gasteiger partial charge in [0.25, 0.3) is 0 Å². The summed E-state index contributed by atoms with van der Waals surface area (Å²) in [7, 11) is -2.86. The van der Waals surface area contributed by atoms with Gasteiger partial charge in [0, 0.05) is 7.11 Å². The molecule has 1 atom stereocenters. The van der Waals surface area contributed by atoms with E-state index in [9.17, 15) is 4.57 Å². The second-order valence-corrected chi connectivity index (χ2v) is 3.35. The quantitative estimate of drug-likeness (QED) is 0.293. The van der Waals surface area contributed by atoms with E-state index >= 15 is 0 Å². The number of phosphoric acid groups is 1. The second kappa shape index (κ2) is 5.69. The van der Waals surface area contributed by atoms with Crippen molar-refractivity contribution in [3.63, 3.8) is 0 Å². The number of unbranched alkanes of at least 4 members (excludes halogenated alkanes) is 1. The smallest absolute Gasteiger partial charge is 0.301 e. The average molecular weight is 184 g/mol. The first-order valence-corrected chi connectivity index (χ1v) is 4.81. The molecule has 0 aromatic heterocycles. The molecule has 0 spiro atoms. The SMILES string of the molecule is CCCCOOP(=O)(O)OC. The molecule has 0 amide bonds. The molecular weight excluding hydrogens is 171 g/mol. The molecule has 1 N–H and O–H groups in total. The maximum atomic E-state index is 10.5. The zero-order valence-corrected chi connectivity index (χ0v) is 7.54. The lowest BCUT2D eigenvalue weighted by Crippen LogP contribution is -1.95. The first-order valence-electron chi connectivity index (χ1n) is 3.32. The van der Waals surface area contributed by atoms with Crippen LogP contribution in [0.2, 0.25) is 0 Å². The normalized spacial score (nSPS) is 16.3. The molecule has 0 saturated heterocycles. The van der Waals surface area contributed by atoms with E-state index in [-0.39, 0.29) is 0 Å². The molecular formula is C5H13O5P. The van der Waals surface area contributed by atoms with Crippen LogP contribution in [0.25, 0.3) is 0 Å². The summed E-state index contributed by atoms with van der Waals surface area (Å²) >= 11 is 0. The Morgan fingerprint density at radius 1 is 1.55 bits per heavy atom. The van der Waals surface area contributed by atoms with Gasteiger partial charge >= 0.3 is 7.82 Å². The van der Waals surface area contributed by atoms with Crippen LogP contribution in [0.5, 0.6) is 0 Å². The van der Waals surface area contributed by atoms with E-state index in [0.29, 0.717) is 6.61 Å². The van der Waals surface area contributed by atoms with E-state index in [1.165, 1.54) is 0 Å². The Morgan fingerprint density at radius 3 is 2.64 bits per heavy atom. The Kier molecular flexibility index (Phi) is 5.72. The standard InChI is InChI=1S/C5H13O5P/c1-3-4-5-9-10-11(6,7)8-2/h3-5H2,1-2H3,(H,6,7). The highest BCUT2D eigenvalue weighted by atomic mass is 31.2. The van der Waals surface area contributed by atoms with Crippen molar-refractivity contribution in [2.45, 2.75) is 19.8 Å². The average Bonchev–Trinajstić information content (AvgIpc) is 1.99. The zero-order chi connectivity index (χ0) is 8.74. The fourth-order valence-corrected chi connectivity index (χ4v) is 0.606. The molecule has 0 radical (unpaired) electrons. The van der Waals surface area contributed by atoms with Crippen LogP contribution in [0.3, 0.4) is 0 Å². The number of phosphoric ester groups is 1. The first-order chi connectivity index (χ1) is 5.12. The van der Waals surface area contributed by atoms with Gasteiger partial charge in [-0.3, -0.25) is 4.52 Å². The molecule has 0 aromatic carbocycles. The number of hydrogen-bond donors (Lipinski definition) is 1. The van der Waals surface area contributed by atoms with E-state index in [1.54, 1.807) is 0 Å². The lowest BCUT2D eigenvalue weighted by molar-refractivity contribution is -0.223. The largest absolute Gasteiger partial charge is 0.499 e. The van der Waals surface area contributed by atoms with Gasteiger partial charge in [0.1, 0.15) is 0 Å². The lowest BCUT2D eigenvalue weighted by atomic mass is 10.4. The van der Waals surface area contributed by atoms with Gasteiger partial charge in [-0.05, 0) is 6.42 Å². The molecule has 11 heavy (non-hydrogen) atoms. The lowest BCUT2D eigenvalue weighted by Gasteiger charge is -2.06. The highest BCUT2D eigenvalue weighted by Gasteiger charge is 2.19. The van der Waals surface area contributed by atoms with Crippen LogP contribution in [-0.4, -0.2) is 18.6 Å². The van der Waals surface area contributed by atoms with E-state index < -0.39 is 7.82 Å². The molecule has 6 heteroatoms. The molecule has 0 aliphatic heterocycles. The molecule has 5 nitrogen and oxygen atoms in total. The zero-order valence-electron chi connectivity index (χ0n) is 6.65. The van der Waals surface area contributed by atoms with Crippen molar-refractivity contribution in [2.24, 2.45) is 0 Å². The Labute approximate surface area is 65.8 Å². The van der Waals surface area contributed by atoms with Crippen molar-refractivity contribution in [3.05, 3.63) is 0 Å². The highest BCUT2D eigenvalue weighted by molar-refractivity contribution is 7.47. The summed E-state index contributed by atoms with van der Waals surface area (Å²) in [5, 5.41) is 0. The molecule has 0 heterocycles. The van der Waals surface area contributed by atoms with Crippen molar-refractivity contribution in [1.29, 1.82) is 0 Å². The molecule has 0 rings (SSSR count). The fourth-order valence-electron chi connectivity index (χ4n) is 0.338. The Hall–Kier alpha value is 0.0700. The van der Waals surface area contributed by atoms with Crippen LogP contribution in [0.4, 0.5) is 0 Å². The van der Waals surface area contributed by atoms with Gasteiger partial charge in [0.05, 0.1) is 6.61 Å². The molecule has 0 aliphatic rings. The van der Waals surface area contributed by atoms with E-state index in [1.807, 2.05) is 6.92 Å². The maximum Gasteiger partial charge on any atom is 0.499 e. The van der Waals surface area contributed by atoms with Crippen LogP contribution in [0.1, 0.15) is 19.8 Å². The molecule has 0 fully saturated rings. The minimum absolute atomic E-state index is 0.296. The van der Waals surface area contributed by atoms with Crippen molar-refractivity contribution >= 4 is 7.82 Å². The van der Waals surface area contributed by atoms with Crippen molar-refractivity contribution in [2.75, 3.05) is 13.7 Å². The van der Waals surface area contributed by atoms with E-state index in [4.69, 9.17) is 4.89 Å². The monoisotopic (exact) mass is 184 g/mol. The number of rotatable bonds is 6. The van der Waals surface area contributed by atoms with Gasteiger partial charge in [0.15, 0.2) is 0 Å². The predicted octanol–water partition coefficient (Wildman–Crippen LogP) is 1.48. The van der Waals surface area contributed by atoms with Gasteiger partial charge in [0.2, 0.25) is 0 Å². The summed E-state index contributed by atoms with van der Waals surface area (Å²) in [5.41, 5.74) is 0. The highest BCUT2D eigenvalue weighted by Crippen LogP contribution is 2.41. The van der Waals surface area contributed by atoms with Crippen LogP contribution < -0.4 is 0 Å². The molecule has 1 unspecified atom stereocenters. The van der Waals surface area contributed by atoms with Crippen LogP contribution >= 0.6 is 7.82 Å². The molecule has 0 bridgehead atoms. The van der Waals surface area contributed by atoms with E-state index in [0.717, 1.165) is 20.0 Å². The van der Waals surface area contributed by atoms with E-state index in [2.05, 4.69) is 14.1 Å². The summed E-state index contributed by atoms with van der Waals surface area (Å²) in [4.78, 5) is 13.0. The second-order valence-electron chi connectivity index (χ2n) is 1.90. The molecule has 68 valence electrons. The van der Waals surface area contributed by atoms with Crippen LogP contribution in [-0.2, 0) is 18.7 Å². The summed E-state index contributed by atoms with van der Waals surface area (Å²) in [6, 6.07) is 0.